The van der Waals surface area contributed by atoms with E-state index in [-0.39, 0.29) is 19.4 Å². The fourth-order valence-corrected chi connectivity index (χ4v) is 6.40. The fourth-order valence-electron chi connectivity index (χ4n) is 6.08. The van der Waals surface area contributed by atoms with Crippen molar-refractivity contribution >= 4 is 41.0 Å². The summed E-state index contributed by atoms with van der Waals surface area (Å²) in [5.41, 5.74) is 1.00. The molecule has 10 nitrogen and oxygen atoms in total. The minimum atomic E-state index is -1.52. The number of nitrogens with zero attached hydrogens (tertiary/aromatic N) is 1. The van der Waals surface area contributed by atoms with Crippen LogP contribution in [0, 0.1) is 18.8 Å². The number of rotatable bonds is 8. The molecule has 3 heterocycles. The number of anilines is 1. The highest BCUT2D eigenvalue weighted by Crippen LogP contribution is 2.55. The summed E-state index contributed by atoms with van der Waals surface area (Å²) in [6.07, 6.45) is 0.237. The molecule has 2 saturated heterocycles. The molecule has 3 amide bonds. The minimum absolute atomic E-state index is 0.0863. The van der Waals surface area contributed by atoms with E-state index in [1.165, 1.54) is 19.1 Å². The summed E-state index contributed by atoms with van der Waals surface area (Å²) in [6, 6.07) is 8.18. The summed E-state index contributed by atoms with van der Waals surface area (Å²) in [4.78, 5) is 53.7. The highest BCUT2D eigenvalue weighted by molar-refractivity contribution is 6.35. The Balaban J connectivity index is 1.50. The van der Waals surface area contributed by atoms with Crippen LogP contribution >= 0.6 is 11.6 Å². The number of benzene rings is 2. The highest BCUT2D eigenvalue weighted by Gasteiger charge is 2.70. The first-order valence-electron chi connectivity index (χ1n) is 12.3. The first kappa shape index (κ1) is 26.0. The van der Waals surface area contributed by atoms with E-state index in [0.717, 1.165) is 11.1 Å². The maximum Gasteiger partial charge on any atom is 0.303 e. The van der Waals surface area contributed by atoms with E-state index in [9.17, 15) is 24.3 Å². The zero-order valence-corrected chi connectivity index (χ0v) is 21.9. The summed E-state index contributed by atoms with van der Waals surface area (Å²) in [5.74, 6) is -3.21. The lowest BCUT2D eigenvalue weighted by Crippen LogP contribution is -2.53. The lowest BCUT2D eigenvalue weighted by molar-refractivity contribution is -0.143. The number of halogens is 1. The van der Waals surface area contributed by atoms with Crippen molar-refractivity contribution in [1.82, 2.24) is 10.2 Å². The van der Waals surface area contributed by atoms with Gasteiger partial charge in [0, 0.05) is 24.6 Å². The number of carbonyl (C=O) groups excluding carboxylic acids is 3. The molecule has 11 heteroatoms. The molecule has 0 aliphatic carbocycles. The van der Waals surface area contributed by atoms with Crippen LogP contribution in [0.1, 0.15) is 29.5 Å². The maximum atomic E-state index is 13.9. The van der Waals surface area contributed by atoms with Crippen LogP contribution in [0.5, 0.6) is 11.5 Å². The molecule has 0 radical (unpaired) electrons. The van der Waals surface area contributed by atoms with Gasteiger partial charge in [-0.1, -0.05) is 23.7 Å². The maximum absolute atomic E-state index is 13.9. The molecule has 38 heavy (non-hydrogen) atoms. The van der Waals surface area contributed by atoms with Crippen molar-refractivity contribution in [3.8, 4) is 11.5 Å². The van der Waals surface area contributed by atoms with Gasteiger partial charge in [0.05, 0.1) is 36.8 Å². The van der Waals surface area contributed by atoms with Crippen LogP contribution < -0.4 is 20.1 Å². The summed E-state index contributed by atoms with van der Waals surface area (Å²) in [5, 5.41) is 15.7. The lowest BCUT2D eigenvalue weighted by Gasteiger charge is -2.29. The van der Waals surface area contributed by atoms with Gasteiger partial charge in [-0.2, -0.15) is 0 Å². The average molecular weight is 542 g/mol. The molecule has 2 fully saturated rings. The molecule has 2 aromatic carbocycles. The third-order valence-electron chi connectivity index (χ3n) is 7.75. The topological polar surface area (TPSA) is 134 Å². The van der Waals surface area contributed by atoms with Gasteiger partial charge in [0.1, 0.15) is 5.54 Å². The Bertz CT molecular complexity index is 1360. The van der Waals surface area contributed by atoms with E-state index in [4.69, 9.17) is 21.1 Å². The number of likely N-dealkylation sites (tertiary alicyclic amines) is 1. The Morgan fingerprint density at radius 2 is 1.84 bits per heavy atom. The highest BCUT2D eigenvalue weighted by atomic mass is 35.5. The van der Waals surface area contributed by atoms with E-state index in [1.807, 2.05) is 13.0 Å². The summed E-state index contributed by atoms with van der Waals surface area (Å²) in [7, 11) is 3.06. The summed E-state index contributed by atoms with van der Waals surface area (Å²) >= 11 is 6.44. The van der Waals surface area contributed by atoms with Crippen molar-refractivity contribution in [2.24, 2.45) is 11.8 Å². The van der Waals surface area contributed by atoms with Crippen molar-refractivity contribution in [2.75, 3.05) is 26.1 Å². The van der Waals surface area contributed by atoms with Crippen molar-refractivity contribution in [3.05, 3.63) is 52.0 Å². The quantitative estimate of drug-likeness (QED) is 0.434. The van der Waals surface area contributed by atoms with E-state index >= 15 is 0 Å². The Morgan fingerprint density at radius 3 is 2.53 bits per heavy atom. The molecule has 3 N–H and O–H groups in total. The predicted molar refractivity (Wildman–Crippen MR) is 137 cm³/mol. The van der Waals surface area contributed by atoms with Gasteiger partial charge < -0.3 is 19.9 Å². The van der Waals surface area contributed by atoms with Gasteiger partial charge in [0.2, 0.25) is 17.7 Å². The first-order valence-corrected chi connectivity index (χ1v) is 12.7. The standard InChI is InChI=1S/C27H28ClN3O7/c1-13-10-15-23(16(28)11-13)29-26(36)27(15)22-21(17(30-27)5-7-20(32)33)24(34)31(25(22)35)9-8-14-4-6-18(37-2)19(12-14)38-3/h4,6,10-12,17,21-22,30H,5,7-9H2,1-3H3,(H,29,36)(H,32,33)/t17-,21-,22-,27-/m1/s1. The zero-order chi connectivity index (χ0) is 27.4. The first-order chi connectivity index (χ1) is 18.1. The summed E-state index contributed by atoms with van der Waals surface area (Å²) < 4.78 is 10.6. The van der Waals surface area contributed by atoms with Crippen LogP contribution in [0.15, 0.2) is 30.3 Å². The van der Waals surface area contributed by atoms with E-state index in [2.05, 4.69) is 10.6 Å². The monoisotopic (exact) mass is 541 g/mol. The van der Waals surface area contributed by atoms with Gasteiger partial charge in [-0.15, -0.1) is 0 Å². The number of imide groups is 1. The van der Waals surface area contributed by atoms with E-state index < -0.39 is 47.1 Å². The number of fused-ring (bicyclic) bond motifs is 4. The normalized spacial score (nSPS) is 25.5. The molecule has 4 atom stereocenters. The largest absolute Gasteiger partial charge is 0.493 e. The van der Waals surface area contributed by atoms with Gasteiger partial charge in [0.15, 0.2) is 11.5 Å². The number of aryl methyl sites for hydroxylation is 1. The van der Waals surface area contributed by atoms with Gasteiger partial charge in [0.25, 0.3) is 0 Å². The van der Waals surface area contributed by atoms with Crippen LogP contribution in [0.3, 0.4) is 0 Å². The number of carbonyl (C=O) groups is 4. The van der Waals surface area contributed by atoms with Crippen molar-refractivity contribution in [3.63, 3.8) is 0 Å². The Labute approximate surface area is 224 Å². The molecule has 3 aliphatic rings. The number of methoxy groups -OCH3 is 2. The smallest absolute Gasteiger partial charge is 0.303 e. The molecule has 0 aromatic heterocycles. The molecule has 3 aliphatic heterocycles. The Hall–Kier alpha value is -3.63. The van der Waals surface area contributed by atoms with Gasteiger partial charge in [-0.05, 0) is 49.1 Å². The fraction of sp³-hybridized carbons (Fsp3) is 0.407. The minimum Gasteiger partial charge on any atom is -0.493 e. The predicted octanol–water partition coefficient (Wildman–Crippen LogP) is 2.49. The number of amides is 3. The molecule has 5 rings (SSSR count). The lowest BCUT2D eigenvalue weighted by atomic mass is 9.76. The third kappa shape index (κ3) is 3.90. The van der Waals surface area contributed by atoms with Crippen LogP contribution in [0.4, 0.5) is 5.69 Å². The number of aliphatic carboxylic acids is 1. The van der Waals surface area contributed by atoms with Gasteiger partial charge in [-0.25, -0.2) is 0 Å². The SMILES string of the molecule is COc1ccc(CCN2C(=O)[C@@H]3[C@@H](CCC(=O)O)N[C@@]4(C(=O)Nc5c(Cl)cc(C)cc54)[C@H]3C2=O)cc1OC. The number of nitrogens with one attached hydrogen (secondary N) is 2. The Kier molecular flexibility index (Phi) is 6.56. The Morgan fingerprint density at radius 1 is 1.11 bits per heavy atom. The van der Waals surface area contributed by atoms with Crippen LogP contribution in [0.25, 0.3) is 0 Å². The molecule has 1 spiro atoms. The summed E-state index contributed by atoms with van der Waals surface area (Å²) in [6.45, 7) is 1.93. The van der Waals surface area contributed by atoms with Crippen LogP contribution in [0.2, 0.25) is 5.02 Å². The van der Waals surface area contributed by atoms with E-state index in [0.29, 0.717) is 34.2 Å². The second-order valence-electron chi connectivity index (χ2n) is 9.89. The molecular formula is C27H28ClN3O7. The van der Waals surface area contributed by atoms with Crippen LogP contribution in [-0.2, 0) is 31.1 Å². The van der Waals surface area contributed by atoms with E-state index in [1.54, 1.807) is 24.3 Å². The number of ether oxygens (including phenoxy) is 2. The molecule has 0 unspecified atom stereocenters. The van der Waals surface area contributed by atoms with Crippen molar-refractivity contribution < 1.29 is 33.8 Å². The second kappa shape index (κ2) is 9.59. The number of carboxylic acid groups (broad SMARTS) is 1. The molecule has 200 valence electrons. The molecule has 0 saturated carbocycles. The van der Waals surface area contributed by atoms with Crippen LogP contribution in [-0.4, -0.2) is 60.5 Å². The van der Waals surface area contributed by atoms with Crippen molar-refractivity contribution in [2.45, 2.75) is 37.8 Å². The third-order valence-corrected chi connectivity index (χ3v) is 8.05. The average Bonchev–Trinajstić information content (AvgIpc) is 3.46. The molecule has 0 bridgehead atoms. The molecule has 2 aromatic rings. The van der Waals surface area contributed by atoms with Crippen molar-refractivity contribution in [1.29, 1.82) is 0 Å². The number of carboxylic acids is 1. The molecular weight excluding hydrogens is 514 g/mol. The number of hydrogen-bond donors (Lipinski definition) is 3. The zero-order valence-electron chi connectivity index (χ0n) is 21.2. The van der Waals surface area contributed by atoms with Gasteiger partial charge >= 0.3 is 5.97 Å². The van der Waals surface area contributed by atoms with Gasteiger partial charge in [-0.3, -0.25) is 29.4 Å². The second-order valence-corrected chi connectivity index (χ2v) is 10.3. The number of hydrogen-bond acceptors (Lipinski definition) is 7.